The second-order valence-corrected chi connectivity index (χ2v) is 12.1. The quantitative estimate of drug-likeness (QED) is 0.320. The first-order valence-electron chi connectivity index (χ1n) is 12.1. The van der Waals surface area contributed by atoms with E-state index in [4.69, 9.17) is 34.8 Å². The predicted molar refractivity (Wildman–Crippen MR) is 154 cm³/mol. The van der Waals surface area contributed by atoms with E-state index in [1.165, 1.54) is 24.3 Å². The molecule has 0 N–H and O–H groups in total. The van der Waals surface area contributed by atoms with Gasteiger partial charge in [-0.05, 0) is 42.0 Å². The molecule has 1 aliphatic rings. The maximum absolute atomic E-state index is 13.6. The van der Waals surface area contributed by atoms with E-state index >= 15 is 0 Å². The van der Waals surface area contributed by atoms with Gasteiger partial charge in [0, 0.05) is 59.9 Å². The molecule has 0 aromatic heterocycles. The van der Waals surface area contributed by atoms with Crippen LogP contribution in [0.25, 0.3) is 6.08 Å². The summed E-state index contributed by atoms with van der Waals surface area (Å²) in [6.07, 6.45) is 4.19. The van der Waals surface area contributed by atoms with Gasteiger partial charge in [0.15, 0.2) is 0 Å². The number of piperazine rings is 1. The fourth-order valence-electron chi connectivity index (χ4n) is 4.17. The van der Waals surface area contributed by atoms with Crippen LogP contribution in [0.1, 0.15) is 11.1 Å². The van der Waals surface area contributed by atoms with Crippen LogP contribution in [0.5, 0.6) is 0 Å². The zero-order valence-electron chi connectivity index (χ0n) is 20.6. The number of carbonyl (C=O) groups is 1. The van der Waals surface area contributed by atoms with E-state index in [-0.39, 0.29) is 23.9 Å². The van der Waals surface area contributed by atoms with Crippen molar-refractivity contribution in [3.63, 3.8) is 0 Å². The van der Waals surface area contributed by atoms with Crippen LogP contribution in [0.15, 0.2) is 83.8 Å². The fraction of sp³-hybridized carbons (Fsp3) is 0.250. The van der Waals surface area contributed by atoms with Gasteiger partial charge in [0.2, 0.25) is 15.9 Å². The Kier molecular flexibility index (Phi) is 9.87. The Balaban J connectivity index is 1.44. The minimum atomic E-state index is -4.04. The summed E-state index contributed by atoms with van der Waals surface area (Å²) in [5.41, 5.74) is 1.58. The molecule has 200 valence electrons. The van der Waals surface area contributed by atoms with Crippen LogP contribution in [0, 0.1) is 0 Å². The molecule has 0 bridgehead atoms. The highest BCUT2D eigenvalue weighted by Crippen LogP contribution is 2.28. The molecule has 1 heterocycles. The zero-order chi connectivity index (χ0) is 27.1. The van der Waals surface area contributed by atoms with Gasteiger partial charge in [-0.1, -0.05) is 83.4 Å². The molecule has 0 spiro atoms. The molecule has 1 amide bonds. The molecule has 0 aliphatic carbocycles. The highest BCUT2D eigenvalue weighted by atomic mass is 35.5. The Morgan fingerprint density at radius 1 is 0.842 bits per heavy atom. The minimum absolute atomic E-state index is 0.0351. The van der Waals surface area contributed by atoms with Crippen LogP contribution in [0.4, 0.5) is 0 Å². The second-order valence-electron chi connectivity index (χ2n) is 8.92. The standard InChI is InChI=1S/C28H28Cl3N3O3S/c29-23-11-13-24(14-12-23)38(36,37)34(20-25-26(30)9-4-10-27(25)31)21-28(35)33-18-16-32(17-19-33)15-5-8-22-6-2-1-3-7-22/h1-14H,15-21H2/b8-5+. The third kappa shape index (κ3) is 7.38. The lowest BCUT2D eigenvalue weighted by molar-refractivity contribution is -0.133. The van der Waals surface area contributed by atoms with Crippen LogP contribution in [0.3, 0.4) is 0 Å². The second kappa shape index (κ2) is 13.1. The summed E-state index contributed by atoms with van der Waals surface area (Å²) in [7, 11) is -4.04. The topological polar surface area (TPSA) is 60.9 Å². The van der Waals surface area contributed by atoms with E-state index in [0.717, 1.165) is 16.4 Å². The van der Waals surface area contributed by atoms with Crippen molar-refractivity contribution < 1.29 is 13.2 Å². The van der Waals surface area contributed by atoms with Gasteiger partial charge < -0.3 is 4.90 Å². The molecule has 0 saturated carbocycles. The molecule has 38 heavy (non-hydrogen) atoms. The number of hydrogen-bond donors (Lipinski definition) is 0. The number of amides is 1. The molecular formula is C28H28Cl3N3O3S. The largest absolute Gasteiger partial charge is 0.339 e. The summed E-state index contributed by atoms with van der Waals surface area (Å²) in [6, 6.07) is 20.9. The molecule has 0 unspecified atom stereocenters. The van der Waals surface area contributed by atoms with Crippen molar-refractivity contribution in [2.45, 2.75) is 11.4 Å². The first-order chi connectivity index (χ1) is 18.2. The number of halogens is 3. The van der Waals surface area contributed by atoms with E-state index in [0.29, 0.717) is 46.8 Å². The normalized spacial score (nSPS) is 14.9. The number of nitrogens with zero attached hydrogens (tertiary/aromatic N) is 3. The van der Waals surface area contributed by atoms with Gasteiger partial charge in [-0.3, -0.25) is 9.69 Å². The zero-order valence-corrected chi connectivity index (χ0v) is 23.7. The van der Waals surface area contributed by atoms with E-state index in [2.05, 4.69) is 17.1 Å². The van der Waals surface area contributed by atoms with Crippen molar-refractivity contribution >= 4 is 56.8 Å². The first-order valence-corrected chi connectivity index (χ1v) is 14.7. The molecule has 1 saturated heterocycles. The third-order valence-corrected chi connectivity index (χ3v) is 9.12. The number of hydrogen-bond acceptors (Lipinski definition) is 4. The Hall–Kier alpha value is -2.39. The summed E-state index contributed by atoms with van der Waals surface area (Å²) in [4.78, 5) is 17.3. The van der Waals surface area contributed by atoms with E-state index in [1.54, 1.807) is 23.1 Å². The molecular weight excluding hydrogens is 565 g/mol. The predicted octanol–water partition coefficient (Wildman–Crippen LogP) is 5.70. The van der Waals surface area contributed by atoms with Crippen LogP contribution in [-0.2, 0) is 21.4 Å². The Morgan fingerprint density at radius 3 is 2.11 bits per heavy atom. The summed E-state index contributed by atoms with van der Waals surface area (Å²) in [5.74, 6) is -0.273. The third-order valence-electron chi connectivity index (χ3n) is 6.36. The lowest BCUT2D eigenvalue weighted by Crippen LogP contribution is -2.51. The van der Waals surface area contributed by atoms with Crippen LogP contribution >= 0.6 is 34.8 Å². The highest BCUT2D eigenvalue weighted by molar-refractivity contribution is 7.89. The average Bonchev–Trinajstić information content (AvgIpc) is 2.91. The van der Waals surface area contributed by atoms with Crippen molar-refractivity contribution in [1.29, 1.82) is 0 Å². The van der Waals surface area contributed by atoms with Gasteiger partial charge in [-0.25, -0.2) is 8.42 Å². The summed E-state index contributed by atoms with van der Waals surface area (Å²) in [5, 5.41) is 1.08. The minimum Gasteiger partial charge on any atom is -0.339 e. The Morgan fingerprint density at radius 2 is 1.47 bits per heavy atom. The summed E-state index contributed by atoms with van der Waals surface area (Å²) >= 11 is 18.6. The summed E-state index contributed by atoms with van der Waals surface area (Å²) < 4.78 is 28.3. The molecule has 4 rings (SSSR count). The number of benzene rings is 3. The van der Waals surface area contributed by atoms with Gasteiger partial charge in [0.1, 0.15) is 0 Å². The number of carbonyl (C=O) groups excluding carboxylic acids is 1. The Bertz CT molecular complexity index is 1360. The lowest BCUT2D eigenvalue weighted by atomic mass is 10.2. The molecule has 3 aromatic carbocycles. The molecule has 10 heteroatoms. The highest BCUT2D eigenvalue weighted by Gasteiger charge is 2.31. The molecule has 3 aromatic rings. The SMILES string of the molecule is O=C(CN(Cc1c(Cl)cccc1Cl)S(=O)(=O)c1ccc(Cl)cc1)N1CCN(C/C=C/c2ccccc2)CC1. The molecule has 0 radical (unpaired) electrons. The fourth-order valence-corrected chi connectivity index (χ4v) is 6.17. The van der Waals surface area contributed by atoms with Crippen LogP contribution in [-0.4, -0.2) is 67.7 Å². The maximum Gasteiger partial charge on any atom is 0.243 e. The van der Waals surface area contributed by atoms with Crippen LogP contribution < -0.4 is 0 Å². The molecule has 1 aliphatic heterocycles. The van der Waals surface area contributed by atoms with Crippen molar-refractivity contribution in [2.24, 2.45) is 0 Å². The smallest absolute Gasteiger partial charge is 0.243 e. The van der Waals surface area contributed by atoms with Gasteiger partial charge in [-0.15, -0.1) is 0 Å². The monoisotopic (exact) mass is 591 g/mol. The molecule has 1 fully saturated rings. The van der Waals surface area contributed by atoms with E-state index in [9.17, 15) is 13.2 Å². The molecule has 0 atom stereocenters. The lowest BCUT2D eigenvalue weighted by Gasteiger charge is -2.35. The summed E-state index contributed by atoms with van der Waals surface area (Å²) in [6.45, 7) is 2.73. The first kappa shape index (κ1) is 28.6. The number of sulfonamides is 1. The van der Waals surface area contributed by atoms with E-state index in [1.807, 2.05) is 30.3 Å². The van der Waals surface area contributed by atoms with Gasteiger partial charge >= 0.3 is 0 Å². The van der Waals surface area contributed by atoms with Gasteiger partial charge in [0.25, 0.3) is 0 Å². The average molecular weight is 593 g/mol. The maximum atomic E-state index is 13.6. The Labute approximate surface area is 239 Å². The van der Waals surface area contributed by atoms with Gasteiger partial charge in [-0.2, -0.15) is 4.31 Å². The van der Waals surface area contributed by atoms with Crippen molar-refractivity contribution in [1.82, 2.24) is 14.1 Å². The van der Waals surface area contributed by atoms with Crippen LogP contribution in [0.2, 0.25) is 15.1 Å². The van der Waals surface area contributed by atoms with Crippen molar-refractivity contribution in [3.05, 3.63) is 105 Å². The van der Waals surface area contributed by atoms with E-state index < -0.39 is 10.0 Å². The van der Waals surface area contributed by atoms with Crippen molar-refractivity contribution in [2.75, 3.05) is 39.3 Å². The van der Waals surface area contributed by atoms with Gasteiger partial charge in [0.05, 0.1) is 11.4 Å². The molecule has 6 nitrogen and oxygen atoms in total. The van der Waals surface area contributed by atoms with Crippen molar-refractivity contribution in [3.8, 4) is 0 Å². The number of rotatable bonds is 9.